The minimum atomic E-state index is -1.08. The molecule has 21 heavy (non-hydrogen) atoms. The van der Waals surface area contributed by atoms with Gasteiger partial charge in [0, 0.05) is 12.1 Å². The molecule has 0 bridgehead atoms. The Labute approximate surface area is 120 Å². The topological polar surface area (TPSA) is 57.2 Å². The highest BCUT2D eigenvalue weighted by atomic mass is 19.2. The zero-order valence-corrected chi connectivity index (χ0v) is 11.1. The molecule has 0 aliphatic rings. The second-order valence-corrected chi connectivity index (χ2v) is 4.34. The fourth-order valence-corrected chi connectivity index (χ4v) is 1.84. The van der Waals surface area contributed by atoms with E-state index in [1.165, 1.54) is 17.2 Å². The molecular weight excluding hydrogens is 278 g/mol. The number of halogens is 2. The fourth-order valence-electron chi connectivity index (χ4n) is 1.84. The molecule has 0 N–H and O–H groups in total. The Morgan fingerprint density at radius 1 is 1.29 bits per heavy atom. The molecule has 1 amide bonds. The van der Waals surface area contributed by atoms with E-state index in [9.17, 15) is 13.6 Å². The summed E-state index contributed by atoms with van der Waals surface area (Å²) < 4.78 is 31.3. The summed E-state index contributed by atoms with van der Waals surface area (Å²) in [6.07, 6.45) is 1.61. The number of nitrogens with zero attached hydrogens (tertiary/aromatic N) is 2. The van der Waals surface area contributed by atoms with Crippen LogP contribution in [-0.2, 0) is 6.54 Å². The molecule has 1 heterocycles. The van der Waals surface area contributed by atoms with Crippen LogP contribution in [0.4, 0.5) is 8.78 Å². The summed E-state index contributed by atoms with van der Waals surface area (Å²) in [6.45, 7) is 0.335. The lowest BCUT2D eigenvalue weighted by Gasteiger charge is -2.20. The van der Waals surface area contributed by atoms with Crippen LogP contribution in [0.3, 0.4) is 0 Å². The Morgan fingerprint density at radius 2 is 2.10 bits per heavy atom. The fraction of sp³-hybridized carbons (Fsp3) is 0.200. The van der Waals surface area contributed by atoms with Crippen LogP contribution in [0.25, 0.3) is 0 Å². The van der Waals surface area contributed by atoms with Crippen LogP contribution in [0.15, 0.2) is 41.0 Å². The Balaban J connectivity index is 2.20. The number of carbonyl (C=O) groups is 1. The minimum absolute atomic E-state index is 0.0263. The predicted molar refractivity (Wildman–Crippen MR) is 70.0 cm³/mol. The molecule has 0 fully saturated rings. The van der Waals surface area contributed by atoms with Gasteiger partial charge in [-0.15, -0.1) is 0 Å². The first-order valence-corrected chi connectivity index (χ1v) is 6.25. The summed E-state index contributed by atoms with van der Waals surface area (Å²) in [6, 6.07) is 8.28. The van der Waals surface area contributed by atoms with Crippen LogP contribution >= 0.6 is 0 Å². The molecule has 1 aromatic heterocycles. The van der Waals surface area contributed by atoms with Crippen molar-refractivity contribution in [1.82, 2.24) is 4.90 Å². The van der Waals surface area contributed by atoms with Gasteiger partial charge in [-0.05, 0) is 30.3 Å². The smallest absolute Gasteiger partial charge is 0.254 e. The molecule has 0 unspecified atom stereocenters. The maximum absolute atomic E-state index is 13.2. The predicted octanol–water partition coefficient (Wildman–Crippen LogP) is 3.11. The quantitative estimate of drug-likeness (QED) is 0.850. The van der Waals surface area contributed by atoms with Crippen molar-refractivity contribution in [2.24, 2.45) is 0 Å². The lowest BCUT2D eigenvalue weighted by Crippen LogP contribution is -2.31. The van der Waals surface area contributed by atoms with Crippen molar-refractivity contribution in [1.29, 1.82) is 5.26 Å². The zero-order chi connectivity index (χ0) is 15.2. The molecule has 0 saturated carbocycles. The van der Waals surface area contributed by atoms with Crippen LogP contribution in [-0.4, -0.2) is 17.4 Å². The number of amides is 1. The Morgan fingerprint density at radius 3 is 2.71 bits per heavy atom. The molecule has 108 valence electrons. The number of rotatable bonds is 5. The Kier molecular flexibility index (Phi) is 4.67. The van der Waals surface area contributed by atoms with Gasteiger partial charge in [0.1, 0.15) is 5.76 Å². The number of nitriles is 1. The van der Waals surface area contributed by atoms with Gasteiger partial charge in [-0.3, -0.25) is 4.79 Å². The van der Waals surface area contributed by atoms with Crippen LogP contribution in [0.2, 0.25) is 0 Å². The lowest BCUT2D eigenvalue weighted by atomic mass is 10.1. The first-order valence-electron chi connectivity index (χ1n) is 6.25. The third-order valence-electron chi connectivity index (χ3n) is 2.87. The first-order chi connectivity index (χ1) is 10.1. The third-order valence-corrected chi connectivity index (χ3v) is 2.87. The van der Waals surface area contributed by atoms with E-state index >= 15 is 0 Å². The molecule has 2 aromatic rings. The lowest BCUT2D eigenvalue weighted by molar-refractivity contribution is 0.0734. The number of hydrogen-bond donors (Lipinski definition) is 0. The van der Waals surface area contributed by atoms with Crippen molar-refractivity contribution in [3.8, 4) is 6.07 Å². The van der Waals surface area contributed by atoms with Crippen molar-refractivity contribution >= 4 is 5.91 Å². The largest absolute Gasteiger partial charge is 0.467 e. The first kappa shape index (κ1) is 14.7. The van der Waals surface area contributed by atoms with E-state index in [1.807, 2.05) is 6.07 Å². The summed E-state index contributed by atoms with van der Waals surface area (Å²) in [5.41, 5.74) is 0.0263. The van der Waals surface area contributed by atoms with Crippen molar-refractivity contribution in [2.75, 3.05) is 6.54 Å². The molecule has 2 rings (SSSR count). The molecule has 0 atom stereocenters. The van der Waals surface area contributed by atoms with E-state index in [2.05, 4.69) is 0 Å². The van der Waals surface area contributed by atoms with Crippen molar-refractivity contribution in [3.63, 3.8) is 0 Å². The van der Waals surface area contributed by atoms with E-state index in [-0.39, 0.29) is 25.1 Å². The van der Waals surface area contributed by atoms with Crippen molar-refractivity contribution in [3.05, 3.63) is 59.6 Å². The number of carbonyl (C=O) groups excluding carboxylic acids is 1. The SMILES string of the molecule is N#CCCN(Cc1ccco1)C(=O)c1ccc(F)c(F)c1. The normalized spacial score (nSPS) is 10.1. The van der Waals surface area contributed by atoms with Gasteiger partial charge in [0.05, 0.1) is 25.3 Å². The van der Waals surface area contributed by atoms with Gasteiger partial charge in [-0.2, -0.15) is 5.26 Å². The van der Waals surface area contributed by atoms with Crippen LogP contribution in [0, 0.1) is 23.0 Å². The van der Waals surface area contributed by atoms with Gasteiger partial charge in [0.25, 0.3) is 5.91 Å². The van der Waals surface area contributed by atoms with E-state index in [1.54, 1.807) is 12.1 Å². The average molecular weight is 290 g/mol. The van der Waals surface area contributed by atoms with Gasteiger partial charge in [-0.1, -0.05) is 0 Å². The Hall–Kier alpha value is -2.68. The van der Waals surface area contributed by atoms with Gasteiger partial charge < -0.3 is 9.32 Å². The minimum Gasteiger partial charge on any atom is -0.467 e. The van der Waals surface area contributed by atoms with Gasteiger partial charge >= 0.3 is 0 Å². The maximum atomic E-state index is 13.2. The van der Waals surface area contributed by atoms with Crippen LogP contribution in [0.1, 0.15) is 22.5 Å². The summed E-state index contributed by atoms with van der Waals surface area (Å²) >= 11 is 0. The summed E-state index contributed by atoms with van der Waals surface area (Å²) in [5.74, 6) is -2.04. The van der Waals surface area contributed by atoms with Crippen LogP contribution in [0.5, 0.6) is 0 Å². The van der Waals surface area contributed by atoms with Crippen molar-refractivity contribution < 1.29 is 18.0 Å². The van der Waals surface area contributed by atoms with Gasteiger partial charge in [0.15, 0.2) is 11.6 Å². The van der Waals surface area contributed by atoms with Gasteiger partial charge in [-0.25, -0.2) is 8.78 Å². The number of furan rings is 1. The third kappa shape index (κ3) is 3.66. The molecule has 6 heteroatoms. The molecule has 0 saturated heterocycles. The molecule has 1 aromatic carbocycles. The molecule has 0 aliphatic carbocycles. The Bertz CT molecular complexity index is 663. The van der Waals surface area contributed by atoms with Crippen LogP contribution < -0.4 is 0 Å². The highest BCUT2D eigenvalue weighted by Crippen LogP contribution is 2.14. The molecule has 0 aliphatic heterocycles. The van der Waals surface area contributed by atoms with E-state index in [4.69, 9.17) is 9.68 Å². The van der Waals surface area contributed by atoms with Crippen molar-refractivity contribution in [2.45, 2.75) is 13.0 Å². The second-order valence-electron chi connectivity index (χ2n) is 4.34. The number of benzene rings is 1. The number of hydrogen-bond acceptors (Lipinski definition) is 3. The highest BCUT2D eigenvalue weighted by molar-refractivity contribution is 5.94. The molecule has 0 spiro atoms. The highest BCUT2D eigenvalue weighted by Gasteiger charge is 2.18. The summed E-state index contributed by atoms with van der Waals surface area (Å²) in [4.78, 5) is 13.7. The van der Waals surface area contributed by atoms with Gasteiger partial charge in [0.2, 0.25) is 0 Å². The average Bonchev–Trinajstić information content (AvgIpc) is 2.98. The molecule has 0 radical (unpaired) electrons. The van der Waals surface area contributed by atoms with E-state index in [0.717, 1.165) is 12.1 Å². The maximum Gasteiger partial charge on any atom is 0.254 e. The summed E-state index contributed by atoms with van der Waals surface area (Å²) in [7, 11) is 0. The van der Waals surface area contributed by atoms with E-state index in [0.29, 0.717) is 5.76 Å². The van der Waals surface area contributed by atoms with E-state index < -0.39 is 17.5 Å². The zero-order valence-electron chi connectivity index (χ0n) is 11.1. The monoisotopic (exact) mass is 290 g/mol. The second kappa shape index (κ2) is 6.66. The standard InChI is InChI=1S/C15H12F2N2O2/c16-13-5-4-11(9-14(13)17)15(20)19(7-2-6-18)10-12-3-1-8-21-12/h1,3-5,8-9H,2,7,10H2. The summed E-state index contributed by atoms with van der Waals surface area (Å²) in [5, 5.41) is 8.65. The molecule has 4 nitrogen and oxygen atoms in total. The molecular formula is C15H12F2N2O2.